The summed E-state index contributed by atoms with van der Waals surface area (Å²) in [6.45, 7) is 0.665. The first-order valence-corrected chi connectivity index (χ1v) is 6.09. The molecule has 0 saturated heterocycles. The number of aryl methyl sites for hydroxylation is 1. The Kier molecular flexibility index (Phi) is 4.44. The number of hydrogen-bond donors (Lipinski definition) is 2. The molecule has 0 aliphatic rings. The number of tetrazole rings is 1. The second-order valence-corrected chi connectivity index (χ2v) is 4.12. The van der Waals surface area contributed by atoms with Crippen molar-refractivity contribution in [1.29, 1.82) is 0 Å². The maximum atomic E-state index is 8.40. The molecule has 1 aromatic carbocycles. The van der Waals surface area contributed by atoms with Gasteiger partial charge in [0, 0.05) is 12.0 Å². The average molecular weight is 260 g/mol. The van der Waals surface area contributed by atoms with E-state index in [9.17, 15) is 0 Å². The molecule has 2 rings (SSSR count). The predicted octanol–water partition coefficient (Wildman–Crippen LogP) is 1.26. The van der Waals surface area contributed by atoms with Crippen molar-refractivity contribution >= 4 is 5.84 Å². The minimum Gasteiger partial charge on any atom is -0.409 e. The van der Waals surface area contributed by atoms with E-state index in [1.807, 2.05) is 30.3 Å². The first-order valence-electron chi connectivity index (χ1n) is 6.09. The fraction of sp³-hybridized carbons (Fsp3) is 0.333. The van der Waals surface area contributed by atoms with Gasteiger partial charge < -0.3 is 10.9 Å². The Hall–Kier alpha value is -2.44. The van der Waals surface area contributed by atoms with E-state index >= 15 is 0 Å². The van der Waals surface area contributed by atoms with Gasteiger partial charge >= 0.3 is 0 Å². The highest BCUT2D eigenvalue weighted by molar-refractivity contribution is 5.79. The van der Waals surface area contributed by atoms with Gasteiger partial charge in [0.05, 0.1) is 6.54 Å². The number of nitrogens with zero attached hydrogens (tertiary/aromatic N) is 5. The summed E-state index contributed by atoms with van der Waals surface area (Å²) in [6, 6.07) is 9.71. The lowest BCUT2D eigenvalue weighted by Gasteiger charge is -1.98. The van der Waals surface area contributed by atoms with Gasteiger partial charge in [-0.25, -0.2) is 0 Å². The topological polar surface area (TPSA) is 102 Å². The molecule has 2 aromatic rings. The minimum atomic E-state index is 0.247. The number of benzene rings is 1. The summed E-state index contributed by atoms with van der Waals surface area (Å²) in [7, 11) is 0. The van der Waals surface area contributed by atoms with Gasteiger partial charge in [-0.2, -0.15) is 4.80 Å². The van der Waals surface area contributed by atoms with Crippen LogP contribution >= 0.6 is 0 Å². The molecule has 0 bridgehead atoms. The summed E-state index contributed by atoms with van der Waals surface area (Å²) < 4.78 is 0. The lowest BCUT2D eigenvalue weighted by molar-refractivity contribution is 0.316. The lowest BCUT2D eigenvalue weighted by Crippen LogP contribution is -2.11. The van der Waals surface area contributed by atoms with Crippen molar-refractivity contribution in [2.75, 3.05) is 0 Å². The van der Waals surface area contributed by atoms with E-state index in [0.29, 0.717) is 18.8 Å². The third-order valence-corrected chi connectivity index (χ3v) is 2.65. The predicted molar refractivity (Wildman–Crippen MR) is 70.5 cm³/mol. The Morgan fingerprint density at radius 3 is 2.79 bits per heavy atom. The first-order chi connectivity index (χ1) is 9.29. The van der Waals surface area contributed by atoms with E-state index in [2.05, 4.69) is 20.6 Å². The minimum absolute atomic E-state index is 0.247. The van der Waals surface area contributed by atoms with Crippen molar-refractivity contribution in [2.45, 2.75) is 25.8 Å². The van der Waals surface area contributed by atoms with Gasteiger partial charge in [0.25, 0.3) is 0 Å². The molecular weight excluding hydrogens is 244 g/mol. The quantitative estimate of drug-likeness (QED) is 0.267. The molecule has 0 atom stereocenters. The van der Waals surface area contributed by atoms with Crippen LogP contribution in [-0.4, -0.2) is 31.3 Å². The monoisotopic (exact) mass is 260 g/mol. The largest absolute Gasteiger partial charge is 0.409 e. The maximum absolute atomic E-state index is 8.40. The van der Waals surface area contributed by atoms with Gasteiger partial charge in [0.15, 0.2) is 0 Å². The number of rotatable bonds is 6. The number of unbranched alkanes of at least 4 members (excludes halogenated alkanes) is 1. The Labute approximate surface area is 110 Å². The number of hydrogen-bond acceptors (Lipinski definition) is 5. The summed E-state index contributed by atoms with van der Waals surface area (Å²) in [5, 5.41) is 23.6. The molecule has 0 radical (unpaired) electrons. The highest BCUT2D eigenvalue weighted by atomic mass is 16.4. The fourth-order valence-electron chi connectivity index (χ4n) is 1.65. The molecule has 0 saturated carbocycles. The van der Waals surface area contributed by atoms with E-state index in [0.717, 1.165) is 18.4 Å². The van der Waals surface area contributed by atoms with E-state index in [1.54, 1.807) is 4.80 Å². The molecule has 0 amide bonds. The molecule has 1 heterocycles. The van der Waals surface area contributed by atoms with Crippen molar-refractivity contribution in [3.05, 3.63) is 30.3 Å². The zero-order valence-corrected chi connectivity index (χ0v) is 10.5. The van der Waals surface area contributed by atoms with Crippen LogP contribution in [0.25, 0.3) is 11.4 Å². The molecule has 1 aromatic heterocycles. The zero-order chi connectivity index (χ0) is 13.5. The van der Waals surface area contributed by atoms with Crippen LogP contribution in [-0.2, 0) is 6.54 Å². The summed E-state index contributed by atoms with van der Waals surface area (Å²) in [4.78, 5) is 1.56. The Morgan fingerprint density at radius 1 is 1.26 bits per heavy atom. The second kappa shape index (κ2) is 6.48. The van der Waals surface area contributed by atoms with Crippen LogP contribution in [0.1, 0.15) is 19.3 Å². The molecule has 0 fully saturated rings. The molecule has 0 spiro atoms. The number of nitrogens with two attached hydrogens (primary N) is 1. The van der Waals surface area contributed by atoms with Crippen LogP contribution in [0.15, 0.2) is 35.5 Å². The van der Waals surface area contributed by atoms with Crippen LogP contribution in [0.2, 0.25) is 0 Å². The molecule has 7 nitrogen and oxygen atoms in total. The molecule has 3 N–H and O–H groups in total. The van der Waals surface area contributed by atoms with Crippen molar-refractivity contribution < 1.29 is 5.21 Å². The molecule has 0 aliphatic carbocycles. The molecule has 100 valence electrons. The number of amidine groups is 1. The Bertz CT molecular complexity index is 536. The molecule has 0 aliphatic heterocycles. The van der Waals surface area contributed by atoms with Crippen LogP contribution in [0.4, 0.5) is 0 Å². The molecule has 0 unspecified atom stereocenters. The van der Waals surface area contributed by atoms with Crippen molar-refractivity contribution in [1.82, 2.24) is 20.2 Å². The normalized spacial score (nSPS) is 11.7. The SMILES string of the molecule is NC(CCCCn1nnc(-c2ccccc2)n1)=NO. The van der Waals surface area contributed by atoms with E-state index in [-0.39, 0.29) is 5.84 Å². The highest BCUT2D eigenvalue weighted by Crippen LogP contribution is 2.11. The van der Waals surface area contributed by atoms with Gasteiger partial charge in [-0.15, -0.1) is 10.2 Å². The summed E-state index contributed by atoms with van der Waals surface area (Å²) in [5.41, 5.74) is 6.33. The maximum Gasteiger partial charge on any atom is 0.204 e. The van der Waals surface area contributed by atoms with Crippen LogP contribution < -0.4 is 5.73 Å². The second-order valence-electron chi connectivity index (χ2n) is 4.12. The summed E-state index contributed by atoms with van der Waals surface area (Å²) in [6.07, 6.45) is 2.23. The lowest BCUT2D eigenvalue weighted by atomic mass is 10.2. The standard InChI is InChI=1S/C12H16N6O/c13-11(16-19)8-4-5-9-18-15-12(14-17-18)10-6-2-1-3-7-10/h1-3,6-7,19H,4-5,8-9H2,(H2,13,16). The Balaban J connectivity index is 1.85. The third kappa shape index (κ3) is 3.77. The van der Waals surface area contributed by atoms with Crippen LogP contribution in [0.3, 0.4) is 0 Å². The Morgan fingerprint density at radius 2 is 2.05 bits per heavy atom. The van der Waals surface area contributed by atoms with Gasteiger partial charge in [0.2, 0.25) is 5.82 Å². The fourth-order valence-corrected chi connectivity index (χ4v) is 1.65. The number of aromatic nitrogens is 4. The molecule has 19 heavy (non-hydrogen) atoms. The van der Waals surface area contributed by atoms with Crippen molar-refractivity contribution in [2.24, 2.45) is 10.9 Å². The molecule has 7 heteroatoms. The van der Waals surface area contributed by atoms with Gasteiger partial charge in [-0.05, 0) is 18.1 Å². The first kappa shape index (κ1) is 13.0. The van der Waals surface area contributed by atoms with Gasteiger partial charge in [-0.3, -0.25) is 0 Å². The third-order valence-electron chi connectivity index (χ3n) is 2.65. The van der Waals surface area contributed by atoms with Crippen molar-refractivity contribution in [3.63, 3.8) is 0 Å². The van der Waals surface area contributed by atoms with E-state index in [4.69, 9.17) is 10.9 Å². The van der Waals surface area contributed by atoms with Crippen LogP contribution in [0, 0.1) is 0 Å². The zero-order valence-electron chi connectivity index (χ0n) is 10.5. The molecular formula is C12H16N6O. The van der Waals surface area contributed by atoms with Crippen LogP contribution in [0.5, 0.6) is 0 Å². The number of oxime groups is 1. The van der Waals surface area contributed by atoms with Gasteiger partial charge in [0.1, 0.15) is 5.84 Å². The smallest absolute Gasteiger partial charge is 0.204 e. The highest BCUT2D eigenvalue weighted by Gasteiger charge is 2.04. The summed E-state index contributed by atoms with van der Waals surface area (Å²) in [5.74, 6) is 0.869. The average Bonchev–Trinajstić information content (AvgIpc) is 2.93. The van der Waals surface area contributed by atoms with Gasteiger partial charge in [-0.1, -0.05) is 35.5 Å². The van der Waals surface area contributed by atoms with E-state index < -0.39 is 0 Å². The van der Waals surface area contributed by atoms with Crippen molar-refractivity contribution in [3.8, 4) is 11.4 Å². The summed E-state index contributed by atoms with van der Waals surface area (Å²) >= 11 is 0. The van der Waals surface area contributed by atoms with E-state index in [1.165, 1.54) is 0 Å².